The van der Waals surface area contributed by atoms with Gasteiger partial charge in [-0.15, -0.1) is 5.10 Å². The molecule has 1 fully saturated rings. The molecule has 0 aromatic carbocycles. The van der Waals surface area contributed by atoms with Crippen LogP contribution in [0.15, 0.2) is 6.20 Å². The first kappa shape index (κ1) is 13.8. The molecular formula is C11H17N5O2S2. The van der Waals surface area contributed by atoms with Crippen LogP contribution in [0, 0.1) is 6.92 Å². The van der Waals surface area contributed by atoms with E-state index >= 15 is 0 Å². The second kappa shape index (κ2) is 4.97. The molecule has 1 aliphatic rings. The highest BCUT2D eigenvalue weighted by atomic mass is 32.2. The molecule has 7 nitrogen and oxygen atoms in total. The zero-order valence-electron chi connectivity index (χ0n) is 11.4. The number of aromatic nitrogens is 3. The number of hydrogen-bond acceptors (Lipinski definition) is 6. The van der Waals surface area contributed by atoms with Crippen molar-refractivity contribution in [2.75, 3.05) is 24.7 Å². The Bertz CT molecular complexity index is 689. The van der Waals surface area contributed by atoms with Crippen molar-refractivity contribution in [2.45, 2.75) is 25.8 Å². The predicted molar refractivity (Wildman–Crippen MR) is 78.7 cm³/mol. The number of piperidine rings is 1. The zero-order valence-corrected chi connectivity index (χ0v) is 13.0. The maximum Gasteiger partial charge on any atom is 0.214 e. The Morgan fingerprint density at radius 2 is 2.30 bits per heavy atom. The average molecular weight is 315 g/mol. The van der Waals surface area contributed by atoms with Gasteiger partial charge in [-0.05, 0) is 19.8 Å². The molecule has 0 radical (unpaired) electrons. The molecule has 0 aliphatic carbocycles. The fraction of sp³-hybridized carbons (Fsp3) is 0.636. The topological polar surface area (TPSA) is 79.6 Å². The van der Waals surface area contributed by atoms with Crippen LogP contribution in [0.4, 0.5) is 5.13 Å². The van der Waals surface area contributed by atoms with Gasteiger partial charge in [-0.3, -0.25) is 0 Å². The van der Waals surface area contributed by atoms with E-state index in [1.54, 1.807) is 4.52 Å². The van der Waals surface area contributed by atoms with Gasteiger partial charge < -0.3 is 5.32 Å². The summed E-state index contributed by atoms with van der Waals surface area (Å²) in [4.78, 5) is 5.20. The van der Waals surface area contributed by atoms with Gasteiger partial charge >= 0.3 is 0 Å². The lowest BCUT2D eigenvalue weighted by molar-refractivity contribution is 0.329. The van der Waals surface area contributed by atoms with Crippen molar-refractivity contribution in [1.29, 1.82) is 0 Å². The van der Waals surface area contributed by atoms with Crippen molar-refractivity contribution in [3.63, 3.8) is 0 Å². The van der Waals surface area contributed by atoms with Crippen LogP contribution < -0.4 is 5.32 Å². The minimum Gasteiger partial charge on any atom is -0.356 e. The lowest BCUT2D eigenvalue weighted by Gasteiger charge is -2.31. The normalized spacial score (nSPS) is 21.4. The molecule has 3 rings (SSSR count). The SMILES string of the molecule is Cc1cn2nc(NC3CCCN(S(C)(=O)=O)C3)sc2n1. The minimum absolute atomic E-state index is 0.107. The Morgan fingerprint density at radius 1 is 1.50 bits per heavy atom. The van der Waals surface area contributed by atoms with E-state index in [2.05, 4.69) is 15.4 Å². The van der Waals surface area contributed by atoms with E-state index in [0.717, 1.165) is 28.6 Å². The van der Waals surface area contributed by atoms with Crippen molar-refractivity contribution in [3.05, 3.63) is 11.9 Å². The molecule has 0 amide bonds. The Balaban J connectivity index is 1.72. The fourth-order valence-electron chi connectivity index (χ4n) is 2.40. The van der Waals surface area contributed by atoms with E-state index in [9.17, 15) is 8.42 Å². The molecule has 0 bridgehead atoms. The predicted octanol–water partition coefficient (Wildman–Crippen LogP) is 0.935. The molecule has 1 saturated heterocycles. The minimum atomic E-state index is -3.11. The van der Waals surface area contributed by atoms with Crippen LogP contribution in [-0.2, 0) is 10.0 Å². The highest BCUT2D eigenvalue weighted by Gasteiger charge is 2.26. The third kappa shape index (κ3) is 2.79. The Kier molecular flexibility index (Phi) is 3.43. The van der Waals surface area contributed by atoms with E-state index in [-0.39, 0.29) is 6.04 Å². The first-order chi connectivity index (χ1) is 9.41. The summed E-state index contributed by atoms with van der Waals surface area (Å²) in [6.07, 6.45) is 4.95. The summed E-state index contributed by atoms with van der Waals surface area (Å²) in [6, 6.07) is 0.107. The van der Waals surface area contributed by atoms with Gasteiger partial charge in [0, 0.05) is 19.1 Å². The highest BCUT2D eigenvalue weighted by Crippen LogP contribution is 2.22. The summed E-state index contributed by atoms with van der Waals surface area (Å²) in [5, 5.41) is 8.51. The lowest BCUT2D eigenvalue weighted by Crippen LogP contribution is -2.44. The van der Waals surface area contributed by atoms with Crippen LogP contribution in [0.3, 0.4) is 0 Å². The number of rotatable bonds is 3. The third-order valence-electron chi connectivity index (χ3n) is 3.34. The standard InChI is InChI=1S/C11H17N5O2S2/c1-8-6-16-11(12-8)19-10(14-16)13-9-4-3-5-15(7-9)20(2,17)18/h6,9H,3-5,7H2,1-2H3,(H,13,14). The van der Waals surface area contributed by atoms with Crippen LogP contribution in [0.5, 0.6) is 0 Å². The van der Waals surface area contributed by atoms with Crippen molar-refractivity contribution in [2.24, 2.45) is 0 Å². The van der Waals surface area contributed by atoms with Gasteiger partial charge in [0.2, 0.25) is 20.1 Å². The van der Waals surface area contributed by atoms with Gasteiger partial charge in [0.05, 0.1) is 18.1 Å². The lowest BCUT2D eigenvalue weighted by atomic mass is 10.1. The quantitative estimate of drug-likeness (QED) is 0.911. The van der Waals surface area contributed by atoms with Gasteiger partial charge in [0.1, 0.15) is 0 Å². The van der Waals surface area contributed by atoms with Crippen LogP contribution in [0.25, 0.3) is 4.96 Å². The maximum absolute atomic E-state index is 11.6. The van der Waals surface area contributed by atoms with Gasteiger partial charge in [0.25, 0.3) is 0 Å². The average Bonchev–Trinajstić information content (AvgIpc) is 2.84. The first-order valence-corrected chi connectivity index (χ1v) is 9.13. The van der Waals surface area contributed by atoms with Gasteiger partial charge in [-0.25, -0.2) is 22.2 Å². The van der Waals surface area contributed by atoms with Crippen molar-refractivity contribution in [3.8, 4) is 0 Å². The number of imidazole rings is 1. The second-order valence-electron chi connectivity index (χ2n) is 5.12. The monoisotopic (exact) mass is 315 g/mol. The zero-order chi connectivity index (χ0) is 14.3. The van der Waals surface area contributed by atoms with E-state index in [1.165, 1.54) is 21.9 Å². The molecule has 20 heavy (non-hydrogen) atoms. The van der Waals surface area contributed by atoms with Gasteiger partial charge in [-0.1, -0.05) is 11.3 Å². The molecule has 0 saturated carbocycles. The molecule has 110 valence electrons. The first-order valence-electron chi connectivity index (χ1n) is 6.46. The summed E-state index contributed by atoms with van der Waals surface area (Å²) in [5.41, 5.74) is 0.941. The molecule has 3 heterocycles. The highest BCUT2D eigenvalue weighted by molar-refractivity contribution is 7.88. The van der Waals surface area contributed by atoms with Crippen LogP contribution in [-0.4, -0.2) is 52.7 Å². The largest absolute Gasteiger partial charge is 0.356 e. The smallest absolute Gasteiger partial charge is 0.214 e. The van der Waals surface area contributed by atoms with Gasteiger partial charge in [0.15, 0.2) is 0 Å². The molecule has 1 aliphatic heterocycles. The summed E-state index contributed by atoms with van der Waals surface area (Å²) >= 11 is 1.48. The summed E-state index contributed by atoms with van der Waals surface area (Å²) in [5.74, 6) is 0. The molecule has 1 atom stereocenters. The van der Waals surface area contributed by atoms with Crippen LogP contribution >= 0.6 is 11.3 Å². The van der Waals surface area contributed by atoms with E-state index < -0.39 is 10.0 Å². The summed E-state index contributed by atoms with van der Waals surface area (Å²) in [7, 11) is -3.11. The van der Waals surface area contributed by atoms with Gasteiger partial charge in [-0.2, -0.15) is 0 Å². The number of nitrogens with one attached hydrogen (secondary N) is 1. The molecular weight excluding hydrogens is 298 g/mol. The Hall–Kier alpha value is -1.19. The summed E-state index contributed by atoms with van der Waals surface area (Å²) < 4.78 is 26.5. The van der Waals surface area contributed by atoms with Crippen molar-refractivity contribution >= 4 is 31.5 Å². The molecule has 1 unspecified atom stereocenters. The molecule has 2 aromatic heterocycles. The van der Waals surface area contributed by atoms with E-state index in [0.29, 0.717) is 13.1 Å². The number of anilines is 1. The number of aryl methyl sites for hydroxylation is 1. The number of nitrogens with zero attached hydrogens (tertiary/aromatic N) is 4. The van der Waals surface area contributed by atoms with Crippen molar-refractivity contribution in [1.82, 2.24) is 18.9 Å². The molecule has 2 aromatic rings. The maximum atomic E-state index is 11.6. The number of sulfonamides is 1. The summed E-state index contributed by atoms with van der Waals surface area (Å²) in [6.45, 7) is 3.04. The molecule has 1 N–H and O–H groups in total. The third-order valence-corrected chi connectivity index (χ3v) is 5.47. The number of fused-ring (bicyclic) bond motifs is 1. The molecule has 9 heteroatoms. The van der Waals surface area contributed by atoms with E-state index in [4.69, 9.17) is 0 Å². The fourth-order valence-corrected chi connectivity index (χ4v) is 4.22. The number of hydrogen-bond donors (Lipinski definition) is 1. The van der Waals surface area contributed by atoms with Crippen molar-refractivity contribution < 1.29 is 8.42 Å². The Labute approximate surface area is 121 Å². The van der Waals surface area contributed by atoms with E-state index in [1.807, 2.05) is 13.1 Å². The van der Waals surface area contributed by atoms with Crippen LogP contribution in [0.1, 0.15) is 18.5 Å². The van der Waals surface area contributed by atoms with Crippen LogP contribution in [0.2, 0.25) is 0 Å². The second-order valence-corrected chi connectivity index (χ2v) is 8.06. The molecule has 0 spiro atoms. The Morgan fingerprint density at radius 3 is 3.00 bits per heavy atom.